The van der Waals surface area contributed by atoms with Crippen LogP contribution in [0.1, 0.15) is 48.9 Å². The molecule has 2 aromatic carbocycles. The first kappa shape index (κ1) is 23.5. The molecule has 0 aliphatic carbocycles. The summed E-state index contributed by atoms with van der Waals surface area (Å²) < 4.78 is 5.85. The third kappa shape index (κ3) is 6.61. The number of carbonyl (C=O) groups excluding carboxylic acids is 2. The maximum atomic E-state index is 13.2. The van der Waals surface area contributed by atoms with Crippen LogP contribution in [0.2, 0.25) is 0 Å². The van der Waals surface area contributed by atoms with E-state index in [4.69, 9.17) is 4.74 Å². The van der Waals surface area contributed by atoms with Crippen molar-refractivity contribution in [3.8, 4) is 5.75 Å². The molecule has 0 saturated carbocycles. The molecule has 5 heteroatoms. The van der Waals surface area contributed by atoms with Gasteiger partial charge in [-0.15, -0.1) is 0 Å². The van der Waals surface area contributed by atoms with Crippen molar-refractivity contribution in [1.82, 2.24) is 10.2 Å². The monoisotopic (exact) mass is 410 g/mol. The van der Waals surface area contributed by atoms with Crippen LogP contribution in [0.25, 0.3) is 0 Å². The molecule has 30 heavy (non-hydrogen) atoms. The standard InChI is InChI=1S/C25H34N2O3/c1-6-13-26-25(29)22(7-2)27(16-21-10-8-9-18(3)14-21)24(28)17-30-23-15-19(4)11-12-20(23)5/h8-12,14-15,22H,6-7,13,16-17H2,1-5H3,(H,26,29)/t22-/m0/s1. The first-order valence-corrected chi connectivity index (χ1v) is 10.7. The number of benzene rings is 2. The van der Waals surface area contributed by atoms with E-state index in [0.717, 1.165) is 28.7 Å². The molecule has 0 radical (unpaired) electrons. The van der Waals surface area contributed by atoms with Crippen LogP contribution < -0.4 is 10.1 Å². The lowest BCUT2D eigenvalue weighted by Crippen LogP contribution is -2.50. The Morgan fingerprint density at radius 1 is 1.03 bits per heavy atom. The lowest BCUT2D eigenvalue weighted by Gasteiger charge is -2.30. The Bertz CT molecular complexity index is 863. The fraction of sp³-hybridized carbons (Fsp3) is 0.440. The quantitative estimate of drug-likeness (QED) is 0.634. The van der Waals surface area contributed by atoms with Gasteiger partial charge in [-0.3, -0.25) is 9.59 Å². The van der Waals surface area contributed by atoms with E-state index in [1.807, 2.05) is 77.1 Å². The highest BCUT2D eigenvalue weighted by molar-refractivity contribution is 5.88. The molecule has 0 heterocycles. The summed E-state index contributed by atoms with van der Waals surface area (Å²) in [6, 6.07) is 13.4. The molecule has 1 N–H and O–H groups in total. The molecule has 0 fully saturated rings. The van der Waals surface area contributed by atoms with Crippen molar-refractivity contribution in [2.24, 2.45) is 0 Å². The number of ether oxygens (including phenoxy) is 1. The normalized spacial score (nSPS) is 11.6. The van der Waals surface area contributed by atoms with Crippen LogP contribution >= 0.6 is 0 Å². The van der Waals surface area contributed by atoms with Crippen molar-refractivity contribution in [2.75, 3.05) is 13.2 Å². The molecule has 0 bridgehead atoms. The Morgan fingerprint density at radius 3 is 2.43 bits per heavy atom. The lowest BCUT2D eigenvalue weighted by atomic mass is 10.1. The molecular formula is C25H34N2O3. The smallest absolute Gasteiger partial charge is 0.261 e. The van der Waals surface area contributed by atoms with Crippen molar-refractivity contribution >= 4 is 11.8 Å². The predicted octanol–water partition coefficient (Wildman–Crippen LogP) is 4.32. The van der Waals surface area contributed by atoms with E-state index in [1.165, 1.54) is 0 Å². The van der Waals surface area contributed by atoms with Gasteiger partial charge in [0.05, 0.1) is 0 Å². The summed E-state index contributed by atoms with van der Waals surface area (Å²) in [7, 11) is 0. The maximum Gasteiger partial charge on any atom is 0.261 e. The Hall–Kier alpha value is -2.82. The number of amides is 2. The molecule has 162 valence electrons. The molecule has 2 rings (SSSR count). The molecule has 0 saturated heterocycles. The van der Waals surface area contributed by atoms with Gasteiger partial charge in [0, 0.05) is 13.1 Å². The molecule has 2 aromatic rings. The van der Waals surface area contributed by atoms with Gasteiger partial charge in [0.25, 0.3) is 5.91 Å². The van der Waals surface area contributed by atoms with E-state index >= 15 is 0 Å². The predicted molar refractivity (Wildman–Crippen MR) is 121 cm³/mol. The van der Waals surface area contributed by atoms with Crippen LogP contribution in [0.15, 0.2) is 42.5 Å². The first-order chi connectivity index (χ1) is 14.3. The lowest BCUT2D eigenvalue weighted by molar-refractivity contribution is -0.143. The van der Waals surface area contributed by atoms with Gasteiger partial charge in [0.15, 0.2) is 6.61 Å². The minimum Gasteiger partial charge on any atom is -0.483 e. The maximum absolute atomic E-state index is 13.2. The molecule has 0 spiro atoms. The topological polar surface area (TPSA) is 58.6 Å². The van der Waals surface area contributed by atoms with Gasteiger partial charge in [0.2, 0.25) is 5.91 Å². The van der Waals surface area contributed by atoms with Gasteiger partial charge < -0.3 is 15.0 Å². The van der Waals surface area contributed by atoms with E-state index in [0.29, 0.717) is 25.3 Å². The molecule has 0 aromatic heterocycles. The third-order valence-corrected chi connectivity index (χ3v) is 5.07. The second-order valence-corrected chi connectivity index (χ2v) is 7.78. The van der Waals surface area contributed by atoms with Gasteiger partial charge >= 0.3 is 0 Å². The largest absolute Gasteiger partial charge is 0.483 e. The Labute approximate surface area is 180 Å². The zero-order chi connectivity index (χ0) is 22.1. The van der Waals surface area contributed by atoms with Crippen molar-refractivity contribution in [3.63, 3.8) is 0 Å². The summed E-state index contributed by atoms with van der Waals surface area (Å²) in [5.74, 6) is 0.380. The molecule has 2 amide bonds. The molecule has 5 nitrogen and oxygen atoms in total. The van der Waals surface area contributed by atoms with Gasteiger partial charge in [-0.1, -0.05) is 55.8 Å². The summed E-state index contributed by atoms with van der Waals surface area (Å²) in [6.45, 7) is 10.8. The van der Waals surface area contributed by atoms with E-state index in [9.17, 15) is 9.59 Å². The van der Waals surface area contributed by atoms with Crippen molar-refractivity contribution in [1.29, 1.82) is 0 Å². The van der Waals surface area contributed by atoms with Crippen LogP contribution in [0.4, 0.5) is 0 Å². The molecule has 1 atom stereocenters. The number of nitrogens with one attached hydrogen (secondary N) is 1. The minimum absolute atomic E-state index is 0.104. The zero-order valence-electron chi connectivity index (χ0n) is 18.8. The SMILES string of the molecule is CCCNC(=O)[C@H](CC)N(Cc1cccc(C)c1)C(=O)COc1cc(C)ccc1C. The summed E-state index contributed by atoms with van der Waals surface area (Å²) in [6.07, 6.45) is 1.39. The van der Waals surface area contributed by atoms with Crippen molar-refractivity contribution in [3.05, 3.63) is 64.7 Å². The average molecular weight is 411 g/mol. The summed E-state index contributed by atoms with van der Waals surface area (Å²) in [5.41, 5.74) is 4.17. The highest BCUT2D eigenvalue weighted by Gasteiger charge is 2.28. The van der Waals surface area contributed by atoms with Crippen LogP contribution in [0.3, 0.4) is 0 Å². The second-order valence-electron chi connectivity index (χ2n) is 7.78. The van der Waals surface area contributed by atoms with Crippen molar-refractivity contribution < 1.29 is 14.3 Å². The van der Waals surface area contributed by atoms with Crippen LogP contribution in [-0.2, 0) is 16.1 Å². The average Bonchev–Trinajstić information content (AvgIpc) is 2.72. The highest BCUT2D eigenvalue weighted by Crippen LogP contribution is 2.20. The Balaban J connectivity index is 2.22. The van der Waals surface area contributed by atoms with Crippen LogP contribution in [-0.4, -0.2) is 35.9 Å². The summed E-state index contributed by atoms with van der Waals surface area (Å²) >= 11 is 0. The number of nitrogens with zero attached hydrogens (tertiary/aromatic N) is 1. The molecule has 0 aliphatic rings. The molecular weight excluding hydrogens is 376 g/mol. The third-order valence-electron chi connectivity index (χ3n) is 5.07. The van der Waals surface area contributed by atoms with Gasteiger partial charge in [-0.05, 0) is 56.4 Å². The summed E-state index contributed by atoms with van der Waals surface area (Å²) in [4.78, 5) is 27.6. The van der Waals surface area contributed by atoms with E-state index in [2.05, 4.69) is 5.32 Å². The van der Waals surface area contributed by atoms with Crippen LogP contribution in [0.5, 0.6) is 5.75 Å². The Morgan fingerprint density at radius 2 is 1.77 bits per heavy atom. The minimum atomic E-state index is -0.535. The fourth-order valence-corrected chi connectivity index (χ4v) is 3.38. The van der Waals surface area contributed by atoms with Gasteiger partial charge in [-0.25, -0.2) is 0 Å². The Kier molecular flexibility index (Phi) is 8.90. The van der Waals surface area contributed by atoms with Crippen molar-refractivity contribution in [2.45, 2.75) is 60.0 Å². The zero-order valence-corrected chi connectivity index (χ0v) is 18.8. The fourth-order valence-electron chi connectivity index (χ4n) is 3.38. The number of hydrogen-bond donors (Lipinski definition) is 1. The number of aryl methyl sites for hydroxylation is 3. The molecule has 0 aliphatic heterocycles. The molecule has 0 unspecified atom stereocenters. The van der Waals surface area contributed by atoms with Gasteiger partial charge in [0.1, 0.15) is 11.8 Å². The number of hydrogen-bond acceptors (Lipinski definition) is 3. The highest BCUT2D eigenvalue weighted by atomic mass is 16.5. The van der Waals surface area contributed by atoms with E-state index in [-0.39, 0.29) is 18.4 Å². The van der Waals surface area contributed by atoms with Crippen LogP contribution in [0, 0.1) is 20.8 Å². The number of rotatable bonds is 10. The number of carbonyl (C=O) groups is 2. The summed E-state index contributed by atoms with van der Waals surface area (Å²) in [5, 5.41) is 2.93. The van der Waals surface area contributed by atoms with Gasteiger partial charge in [-0.2, -0.15) is 0 Å². The second kappa shape index (κ2) is 11.4. The van der Waals surface area contributed by atoms with E-state index < -0.39 is 6.04 Å². The first-order valence-electron chi connectivity index (χ1n) is 10.7. The van der Waals surface area contributed by atoms with E-state index in [1.54, 1.807) is 4.90 Å².